The summed E-state index contributed by atoms with van der Waals surface area (Å²) >= 11 is 0.401. The van der Waals surface area contributed by atoms with Gasteiger partial charge in [0, 0.05) is 10.6 Å². The molecule has 0 saturated heterocycles. The van der Waals surface area contributed by atoms with Gasteiger partial charge in [0.05, 0.1) is 6.42 Å². The first-order valence-electron chi connectivity index (χ1n) is 7.63. The van der Waals surface area contributed by atoms with Gasteiger partial charge in [0.1, 0.15) is 5.82 Å². The molecule has 0 heterocycles. The molecule has 0 saturated carbocycles. The Balaban J connectivity index is 1.85. The van der Waals surface area contributed by atoms with Crippen LogP contribution in [-0.2, 0) is 20.7 Å². The first kappa shape index (κ1) is 19.8. The second-order valence-corrected chi connectivity index (χ2v) is 6.39. The normalized spacial score (nSPS) is 11.9. The molecule has 0 radical (unpaired) electrons. The lowest BCUT2D eigenvalue weighted by molar-refractivity contribution is -0.152. The van der Waals surface area contributed by atoms with E-state index in [1.165, 1.54) is 49.4 Å². The summed E-state index contributed by atoms with van der Waals surface area (Å²) in [6.45, 7) is 1.40. The lowest BCUT2D eigenvalue weighted by Gasteiger charge is -2.14. The van der Waals surface area contributed by atoms with Crippen LogP contribution in [0.25, 0.3) is 0 Å². The van der Waals surface area contributed by atoms with Crippen LogP contribution in [0.5, 0.6) is 0 Å². The minimum Gasteiger partial charge on any atom is -0.452 e. The summed E-state index contributed by atoms with van der Waals surface area (Å²) < 4.78 is 42.6. The number of hydrogen-bond acceptors (Lipinski definition) is 4. The lowest BCUT2D eigenvalue weighted by Crippen LogP contribution is -2.30. The zero-order valence-electron chi connectivity index (χ0n) is 13.7. The van der Waals surface area contributed by atoms with Crippen LogP contribution in [0.4, 0.5) is 18.9 Å². The predicted octanol–water partition coefficient (Wildman–Crippen LogP) is 4.25. The van der Waals surface area contributed by atoms with Crippen LogP contribution in [0, 0.1) is 5.82 Å². The molecular weight excluding hydrogens is 367 g/mol. The number of thioether (sulfide) groups is 1. The van der Waals surface area contributed by atoms with Crippen molar-refractivity contribution in [3.8, 4) is 0 Å². The van der Waals surface area contributed by atoms with Crippen LogP contribution in [0.15, 0.2) is 53.4 Å². The van der Waals surface area contributed by atoms with Crippen LogP contribution in [0.1, 0.15) is 12.5 Å². The Morgan fingerprint density at radius 2 is 1.85 bits per heavy atom. The van der Waals surface area contributed by atoms with Crippen molar-refractivity contribution in [2.75, 3.05) is 5.32 Å². The Kier molecular flexibility index (Phi) is 7.08. The monoisotopic (exact) mass is 383 g/mol. The highest BCUT2D eigenvalue weighted by molar-refractivity contribution is 7.99. The Morgan fingerprint density at radius 3 is 2.46 bits per heavy atom. The molecule has 0 aromatic heterocycles. The van der Waals surface area contributed by atoms with E-state index >= 15 is 0 Å². The summed E-state index contributed by atoms with van der Waals surface area (Å²) in [5, 5.41) is 2.53. The van der Waals surface area contributed by atoms with E-state index in [4.69, 9.17) is 4.74 Å². The van der Waals surface area contributed by atoms with Crippen LogP contribution < -0.4 is 5.32 Å². The first-order chi connectivity index (χ1) is 12.3. The molecule has 1 atom stereocenters. The fraction of sp³-hybridized carbons (Fsp3) is 0.222. The van der Waals surface area contributed by atoms with E-state index in [9.17, 15) is 22.8 Å². The van der Waals surface area contributed by atoms with Gasteiger partial charge in [-0.2, -0.15) is 8.78 Å². The number of carbonyl (C=O) groups excluding carboxylic acids is 2. The second-order valence-electron chi connectivity index (χ2n) is 5.33. The van der Waals surface area contributed by atoms with Gasteiger partial charge in [0.15, 0.2) is 6.10 Å². The maximum absolute atomic E-state index is 13.1. The fourth-order valence-corrected chi connectivity index (χ4v) is 2.57. The highest BCUT2D eigenvalue weighted by Crippen LogP contribution is 2.26. The molecular formula is C18H16F3NO3S. The van der Waals surface area contributed by atoms with Crippen molar-refractivity contribution in [3.63, 3.8) is 0 Å². The Bertz CT molecular complexity index is 769. The first-order valence-corrected chi connectivity index (χ1v) is 8.51. The van der Waals surface area contributed by atoms with Crippen molar-refractivity contribution in [3.05, 3.63) is 59.9 Å². The maximum Gasteiger partial charge on any atom is 0.311 e. The van der Waals surface area contributed by atoms with Crippen molar-refractivity contribution in [2.24, 2.45) is 0 Å². The SMILES string of the molecule is C[C@@H](OC(=O)Cc1cccc(F)c1)C(=O)Nc1ccc(SC(F)F)cc1. The van der Waals surface area contributed by atoms with Gasteiger partial charge in [-0.05, 0) is 48.9 Å². The predicted molar refractivity (Wildman–Crippen MR) is 92.6 cm³/mol. The van der Waals surface area contributed by atoms with Crippen LogP contribution in [-0.4, -0.2) is 23.7 Å². The van der Waals surface area contributed by atoms with E-state index in [1.807, 2.05) is 0 Å². The largest absolute Gasteiger partial charge is 0.452 e. The number of esters is 1. The summed E-state index contributed by atoms with van der Waals surface area (Å²) in [6.07, 6.45) is -1.22. The molecule has 2 aromatic rings. The van der Waals surface area contributed by atoms with E-state index in [0.29, 0.717) is 27.9 Å². The van der Waals surface area contributed by atoms with Gasteiger partial charge >= 0.3 is 5.97 Å². The summed E-state index contributed by atoms with van der Waals surface area (Å²) in [4.78, 5) is 24.3. The van der Waals surface area contributed by atoms with Gasteiger partial charge in [-0.1, -0.05) is 23.9 Å². The van der Waals surface area contributed by atoms with E-state index in [0.717, 1.165) is 0 Å². The van der Waals surface area contributed by atoms with Crippen LogP contribution in [0.2, 0.25) is 0 Å². The number of nitrogens with one attached hydrogen (secondary N) is 1. The second kappa shape index (κ2) is 9.28. The minimum absolute atomic E-state index is 0.158. The average molecular weight is 383 g/mol. The number of rotatable bonds is 7. The highest BCUT2D eigenvalue weighted by Gasteiger charge is 2.18. The van der Waals surface area contributed by atoms with E-state index in [2.05, 4.69) is 5.32 Å². The number of amides is 1. The lowest BCUT2D eigenvalue weighted by atomic mass is 10.1. The molecule has 0 aliphatic rings. The van der Waals surface area contributed by atoms with Crippen LogP contribution in [0.3, 0.4) is 0 Å². The Morgan fingerprint density at radius 1 is 1.15 bits per heavy atom. The van der Waals surface area contributed by atoms with E-state index < -0.39 is 29.6 Å². The van der Waals surface area contributed by atoms with Gasteiger partial charge in [0.2, 0.25) is 0 Å². The molecule has 0 aliphatic heterocycles. The van der Waals surface area contributed by atoms with Crippen molar-refractivity contribution < 1.29 is 27.5 Å². The van der Waals surface area contributed by atoms with Crippen molar-refractivity contribution in [1.29, 1.82) is 0 Å². The van der Waals surface area contributed by atoms with Gasteiger partial charge in [-0.15, -0.1) is 0 Å². The summed E-state index contributed by atoms with van der Waals surface area (Å²) in [7, 11) is 0. The molecule has 2 aromatic carbocycles. The molecule has 0 bridgehead atoms. The number of anilines is 1. The number of ether oxygens (including phenoxy) is 1. The average Bonchev–Trinajstić information content (AvgIpc) is 2.56. The van der Waals surface area contributed by atoms with Crippen LogP contribution >= 0.6 is 11.8 Å². The number of benzene rings is 2. The minimum atomic E-state index is -2.52. The van der Waals surface area contributed by atoms with Gasteiger partial charge < -0.3 is 10.1 Å². The quantitative estimate of drug-likeness (QED) is 0.574. The van der Waals surface area contributed by atoms with Crippen molar-refractivity contribution in [1.82, 2.24) is 0 Å². The molecule has 26 heavy (non-hydrogen) atoms. The molecule has 4 nitrogen and oxygen atoms in total. The molecule has 0 spiro atoms. The topological polar surface area (TPSA) is 55.4 Å². The smallest absolute Gasteiger partial charge is 0.311 e. The number of hydrogen-bond donors (Lipinski definition) is 1. The summed E-state index contributed by atoms with van der Waals surface area (Å²) in [6, 6.07) is 11.4. The number of halogens is 3. The van der Waals surface area contributed by atoms with Gasteiger partial charge in [0.25, 0.3) is 11.7 Å². The van der Waals surface area contributed by atoms with Crippen molar-refractivity contribution >= 4 is 29.3 Å². The maximum atomic E-state index is 13.1. The summed E-state index contributed by atoms with van der Waals surface area (Å²) in [5.41, 5.74) is 0.830. The standard InChI is InChI=1S/C18H16F3NO3S/c1-11(25-16(23)10-12-3-2-4-13(19)9-12)17(24)22-14-5-7-15(8-6-14)26-18(20)21/h2-9,11,18H,10H2,1H3,(H,22,24)/t11-/m1/s1. The molecule has 0 fully saturated rings. The molecule has 0 aliphatic carbocycles. The summed E-state index contributed by atoms with van der Waals surface area (Å²) in [5.74, 6) is -4.21. The molecule has 8 heteroatoms. The molecule has 2 rings (SSSR count). The van der Waals surface area contributed by atoms with Crippen molar-refractivity contribution in [2.45, 2.75) is 30.1 Å². The highest BCUT2D eigenvalue weighted by atomic mass is 32.2. The third-order valence-corrected chi connectivity index (χ3v) is 3.98. The van der Waals surface area contributed by atoms with Gasteiger partial charge in [-0.3, -0.25) is 9.59 Å². The molecule has 1 amide bonds. The number of carbonyl (C=O) groups is 2. The molecule has 138 valence electrons. The Labute approximate surface area is 152 Å². The zero-order chi connectivity index (χ0) is 19.1. The Hall–Kier alpha value is -2.48. The van der Waals surface area contributed by atoms with Gasteiger partial charge in [-0.25, -0.2) is 4.39 Å². The van der Waals surface area contributed by atoms with E-state index in [1.54, 1.807) is 6.07 Å². The third-order valence-electron chi connectivity index (χ3n) is 3.26. The molecule has 1 N–H and O–H groups in total. The zero-order valence-corrected chi connectivity index (χ0v) is 14.6. The number of alkyl halides is 2. The third kappa shape index (κ3) is 6.44. The van der Waals surface area contributed by atoms with E-state index in [-0.39, 0.29) is 6.42 Å². The fourth-order valence-electron chi connectivity index (χ4n) is 2.07. The molecule has 0 unspecified atom stereocenters.